The van der Waals surface area contributed by atoms with E-state index in [0.29, 0.717) is 17.3 Å². The van der Waals surface area contributed by atoms with Gasteiger partial charge in [-0.15, -0.1) is 0 Å². The van der Waals surface area contributed by atoms with Crippen LogP contribution in [0.25, 0.3) is 0 Å². The van der Waals surface area contributed by atoms with E-state index in [0.717, 1.165) is 12.0 Å². The third-order valence-electron chi connectivity index (χ3n) is 3.80. The predicted octanol–water partition coefficient (Wildman–Crippen LogP) is 2.27. The van der Waals surface area contributed by atoms with Crippen LogP contribution in [-0.4, -0.2) is 18.9 Å². The van der Waals surface area contributed by atoms with Crippen molar-refractivity contribution < 1.29 is 9.59 Å². The molecule has 0 aliphatic carbocycles. The summed E-state index contributed by atoms with van der Waals surface area (Å²) in [7, 11) is 1.93. The van der Waals surface area contributed by atoms with Gasteiger partial charge in [-0.05, 0) is 30.7 Å². The monoisotopic (exact) mass is 275 g/mol. The zero-order valence-electron chi connectivity index (χ0n) is 12.1. The Morgan fingerprint density at radius 2 is 1.85 bits per heavy atom. The minimum absolute atomic E-state index is 0.134. The quantitative estimate of drug-likeness (QED) is 0.738. The molecular formula is C15H21N3O2. The summed E-state index contributed by atoms with van der Waals surface area (Å²) in [6.45, 7) is 4.34. The predicted molar refractivity (Wildman–Crippen MR) is 79.6 cm³/mol. The van der Waals surface area contributed by atoms with Gasteiger partial charge < -0.3 is 16.0 Å². The summed E-state index contributed by atoms with van der Waals surface area (Å²) in [6.07, 6.45) is 0.927. The third-order valence-corrected chi connectivity index (χ3v) is 3.80. The minimum atomic E-state index is -0.277. The standard InChI is InChI=1S/C15H21N3O2/c1-4-9(2)15(16-3)10-5-6-11-12(7-10)18-14(20)8-13(19)17-11/h5-7,9,15-16H,4,8H2,1-3H3,(H,17,19)(H,18,20). The number of nitrogens with one attached hydrogen (secondary N) is 3. The number of amides is 2. The molecule has 3 N–H and O–H groups in total. The second-order valence-electron chi connectivity index (χ2n) is 5.23. The Hall–Kier alpha value is -1.88. The van der Waals surface area contributed by atoms with Gasteiger partial charge in [0.05, 0.1) is 11.4 Å². The highest BCUT2D eigenvalue weighted by Gasteiger charge is 2.21. The van der Waals surface area contributed by atoms with Crippen molar-refractivity contribution in [1.82, 2.24) is 5.32 Å². The summed E-state index contributed by atoms with van der Waals surface area (Å²) in [5.74, 6) is -0.0711. The zero-order valence-corrected chi connectivity index (χ0v) is 12.1. The van der Waals surface area contributed by atoms with E-state index in [1.165, 1.54) is 0 Å². The Morgan fingerprint density at radius 1 is 1.20 bits per heavy atom. The molecule has 20 heavy (non-hydrogen) atoms. The van der Waals surface area contributed by atoms with E-state index in [9.17, 15) is 9.59 Å². The van der Waals surface area contributed by atoms with Crippen LogP contribution < -0.4 is 16.0 Å². The first-order valence-electron chi connectivity index (χ1n) is 6.96. The van der Waals surface area contributed by atoms with Gasteiger partial charge in [0.2, 0.25) is 11.8 Å². The molecule has 5 heteroatoms. The lowest BCUT2D eigenvalue weighted by Gasteiger charge is -2.24. The van der Waals surface area contributed by atoms with Crippen LogP contribution in [0.1, 0.15) is 38.3 Å². The molecule has 0 fully saturated rings. The number of carbonyl (C=O) groups excluding carboxylic acids is 2. The van der Waals surface area contributed by atoms with E-state index < -0.39 is 0 Å². The van der Waals surface area contributed by atoms with Gasteiger partial charge in [-0.3, -0.25) is 9.59 Å². The van der Waals surface area contributed by atoms with Crippen molar-refractivity contribution in [2.75, 3.05) is 17.7 Å². The van der Waals surface area contributed by atoms with Gasteiger partial charge >= 0.3 is 0 Å². The van der Waals surface area contributed by atoms with Crippen molar-refractivity contribution in [3.05, 3.63) is 23.8 Å². The van der Waals surface area contributed by atoms with E-state index in [-0.39, 0.29) is 24.3 Å². The van der Waals surface area contributed by atoms with Crippen molar-refractivity contribution in [2.45, 2.75) is 32.7 Å². The fourth-order valence-electron chi connectivity index (χ4n) is 2.52. The van der Waals surface area contributed by atoms with Crippen molar-refractivity contribution in [3.63, 3.8) is 0 Å². The Morgan fingerprint density at radius 3 is 2.45 bits per heavy atom. The lowest BCUT2D eigenvalue weighted by Crippen LogP contribution is -2.23. The molecule has 0 saturated carbocycles. The second-order valence-corrected chi connectivity index (χ2v) is 5.23. The van der Waals surface area contributed by atoms with Crippen LogP contribution in [0.15, 0.2) is 18.2 Å². The maximum absolute atomic E-state index is 11.6. The second kappa shape index (κ2) is 6.05. The average Bonchev–Trinajstić information content (AvgIpc) is 2.55. The largest absolute Gasteiger partial charge is 0.324 e. The molecule has 108 valence electrons. The summed E-state index contributed by atoms with van der Waals surface area (Å²) in [5.41, 5.74) is 2.43. The molecule has 1 heterocycles. The lowest BCUT2D eigenvalue weighted by atomic mass is 9.92. The van der Waals surface area contributed by atoms with E-state index >= 15 is 0 Å². The summed E-state index contributed by atoms with van der Waals surface area (Å²) < 4.78 is 0. The highest BCUT2D eigenvalue weighted by Crippen LogP contribution is 2.31. The fourth-order valence-corrected chi connectivity index (χ4v) is 2.52. The average molecular weight is 275 g/mol. The van der Waals surface area contributed by atoms with Gasteiger partial charge in [-0.1, -0.05) is 26.3 Å². The zero-order chi connectivity index (χ0) is 14.7. The highest BCUT2D eigenvalue weighted by atomic mass is 16.2. The summed E-state index contributed by atoms with van der Waals surface area (Å²) >= 11 is 0. The van der Waals surface area contributed by atoms with Crippen molar-refractivity contribution in [1.29, 1.82) is 0 Å². The van der Waals surface area contributed by atoms with Crippen molar-refractivity contribution in [2.24, 2.45) is 5.92 Å². The van der Waals surface area contributed by atoms with Crippen molar-refractivity contribution >= 4 is 23.2 Å². The van der Waals surface area contributed by atoms with E-state index in [1.807, 2.05) is 25.2 Å². The van der Waals surface area contributed by atoms with Crippen molar-refractivity contribution in [3.8, 4) is 0 Å². The number of fused-ring (bicyclic) bond motifs is 1. The molecule has 1 aromatic carbocycles. The molecular weight excluding hydrogens is 254 g/mol. The molecule has 0 saturated heterocycles. The molecule has 0 bridgehead atoms. The van der Waals surface area contributed by atoms with Gasteiger partial charge in [0.25, 0.3) is 0 Å². The Balaban J connectivity index is 2.35. The first-order valence-corrected chi connectivity index (χ1v) is 6.96. The van der Waals surface area contributed by atoms with Crippen LogP contribution in [-0.2, 0) is 9.59 Å². The molecule has 0 radical (unpaired) electrons. The third kappa shape index (κ3) is 2.99. The Bertz CT molecular complexity index is 528. The van der Waals surface area contributed by atoms with E-state index in [4.69, 9.17) is 0 Å². The van der Waals surface area contributed by atoms with Gasteiger partial charge in [0.1, 0.15) is 6.42 Å². The molecule has 1 aliphatic rings. The van der Waals surface area contributed by atoms with Gasteiger partial charge in [0.15, 0.2) is 0 Å². The van der Waals surface area contributed by atoms with Crippen LogP contribution in [0.2, 0.25) is 0 Å². The first-order chi connectivity index (χ1) is 9.55. The maximum Gasteiger partial charge on any atom is 0.233 e. The van der Waals surface area contributed by atoms with E-state index in [1.54, 1.807) is 0 Å². The molecule has 2 atom stereocenters. The lowest BCUT2D eigenvalue weighted by molar-refractivity contribution is -0.123. The van der Waals surface area contributed by atoms with Crippen LogP contribution in [0.3, 0.4) is 0 Å². The van der Waals surface area contributed by atoms with Crippen LogP contribution >= 0.6 is 0 Å². The summed E-state index contributed by atoms with van der Waals surface area (Å²) in [4.78, 5) is 23.1. The number of rotatable bonds is 4. The number of benzene rings is 1. The molecule has 2 rings (SSSR count). The normalized spacial score (nSPS) is 17.6. The van der Waals surface area contributed by atoms with Crippen LogP contribution in [0, 0.1) is 5.92 Å². The molecule has 5 nitrogen and oxygen atoms in total. The van der Waals surface area contributed by atoms with Crippen LogP contribution in [0.4, 0.5) is 11.4 Å². The Labute approximate surface area is 119 Å². The molecule has 1 aromatic rings. The van der Waals surface area contributed by atoms with Gasteiger partial charge in [-0.2, -0.15) is 0 Å². The molecule has 0 spiro atoms. The van der Waals surface area contributed by atoms with Crippen LogP contribution in [0.5, 0.6) is 0 Å². The minimum Gasteiger partial charge on any atom is -0.324 e. The SMILES string of the molecule is CCC(C)C(NC)c1ccc2c(c1)NC(=O)CC(=O)N2. The first kappa shape index (κ1) is 14.5. The molecule has 2 amide bonds. The maximum atomic E-state index is 11.6. The number of anilines is 2. The topological polar surface area (TPSA) is 70.2 Å². The number of hydrogen-bond acceptors (Lipinski definition) is 3. The summed E-state index contributed by atoms with van der Waals surface area (Å²) in [6, 6.07) is 6.00. The smallest absolute Gasteiger partial charge is 0.233 e. The van der Waals surface area contributed by atoms with E-state index in [2.05, 4.69) is 29.8 Å². The summed E-state index contributed by atoms with van der Waals surface area (Å²) in [5, 5.41) is 8.83. The van der Waals surface area contributed by atoms with Gasteiger partial charge in [-0.25, -0.2) is 0 Å². The fraction of sp³-hybridized carbons (Fsp3) is 0.467. The van der Waals surface area contributed by atoms with Gasteiger partial charge in [0, 0.05) is 6.04 Å². The Kier molecular flexibility index (Phi) is 4.39. The number of hydrogen-bond donors (Lipinski definition) is 3. The molecule has 1 aliphatic heterocycles. The number of carbonyl (C=O) groups is 2. The molecule has 2 unspecified atom stereocenters. The highest BCUT2D eigenvalue weighted by molar-refractivity contribution is 6.13. The molecule has 0 aromatic heterocycles.